The highest BCUT2D eigenvalue weighted by Crippen LogP contribution is 2.25. The van der Waals surface area contributed by atoms with E-state index in [1.54, 1.807) is 20.8 Å². The number of rotatable bonds is 6. The van der Waals surface area contributed by atoms with E-state index < -0.39 is 24.5 Å². The van der Waals surface area contributed by atoms with Crippen LogP contribution in [0.1, 0.15) is 56.6 Å². The number of anilines is 1. The fourth-order valence-corrected chi connectivity index (χ4v) is 3.51. The predicted molar refractivity (Wildman–Crippen MR) is 104 cm³/mol. The van der Waals surface area contributed by atoms with Gasteiger partial charge in [0.15, 0.2) is 6.61 Å². The lowest BCUT2D eigenvalue weighted by atomic mass is 10.1. The topological polar surface area (TPSA) is 97.5 Å². The molecule has 0 saturated heterocycles. The Balaban J connectivity index is 1.61. The maximum atomic E-state index is 12.4. The number of nitrogens with one attached hydrogen (secondary N) is 2. The number of fused-ring (bicyclic) bond motifs is 1. The van der Waals surface area contributed by atoms with Crippen molar-refractivity contribution in [2.75, 3.05) is 18.5 Å². The molecule has 0 atom stereocenters. The quantitative estimate of drug-likeness (QED) is 0.746. The molecule has 1 aromatic heterocycles. The van der Waals surface area contributed by atoms with Gasteiger partial charge in [-0.2, -0.15) is 0 Å². The van der Waals surface area contributed by atoms with Gasteiger partial charge in [0, 0.05) is 11.4 Å². The minimum Gasteiger partial charge on any atom is -0.461 e. The van der Waals surface area contributed by atoms with Gasteiger partial charge in [-0.15, -0.1) is 0 Å². The highest BCUT2D eigenvalue weighted by molar-refractivity contribution is 6.00. The minimum atomic E-state index is -0.661. The van der Waals surface area contributed by atoms with Gasteiger partial charge in [0.05, 0.1) is 12.2 Å². The molecule has 0 radical (unpaired) electrons. The van der Waals surface area contributed by atoms with Crippen molar-refractivity contribution in [2.45, 2.75) is 40.0 Å². The van der Waals surface area contributed by atoms with Crippen LogP contribution in [-0.4, -0.2) is 36.0 Å². The lowest BCUT2D eigenvalue weighted by Gasteiger charge is -2.09. The second-order valence-electron chi connectivity index (χ2n) is 6.81. The van der Waals surface area contributed by atoms with Crippen LogP contribution in [0.3, 0.4) is 0 Å². The van der Waals surface area contributed by atoms with E-state index >= 15 is 0 Å². The zero-order valence-electron chi connectivity index (χ0n) is 16.3. The van der Waals surface area contributed by atoms with E-state index in [1.807, 2.05) is 18.2 Å². The van der Waals surface area contributed by atoms with Crippen molar-refractivity contribution in [3.63, 3.8) is 0 Å². The number of benzene rings is 1. The molecule has 7 nitrogen and oxygen atoms in total. The first-order chi connectivity index (χ1) is 13.4. The van der Waals surface area contributed by atoms with Crippen LogP contribution in [0.4, 0.5) is 5.69 Å². The van der Waals surface area contributed by atoms with E-state index in [4.69, 9.17) is 9.47 Å². The van der Waals surface area contributed by atoms with Gasteiger partial charge < -0.3 is 19.8 Å². The first-order valence-corrected chi connectivity index (χ1v) is 9.35. The van der Waals surface area contributed by atoms with E-state index in [9.17, 15) is 14.4 Å². The molecule has 7 heteroatoms. The summed E-state index contributed by atoms with van der Waals surface area (Å²) in [6, 6.07) is 5.84. The average Bonchev–Trinajstić information content (AvgIpc) is 3.23. The fourth-order valence-electron chi connectivity index (χ4n) is 3.51. The summed E-state index contributed by atoms with van der Waals surface area (Å²) >= 11 is 0. The Morgan fingerprint density at radius 2 is 1.82 bits per heavy atom. The number of carbonyl (C=O) groups excluding carboxylic acids is 3. The summed E-state index contributed by atoms with van der Waals surface area (Å²) in [5.41, 5.74) is 4.66. The van der Waals surface area contributed by atoms with Gasteiger partial charge in [-0.05, 0) is 68.9 Å². The highest BCUT2D eigenvalue weighted by Gasteiger charge is 2.24. The third-order valence-corrected chi connectivity index (χ3v) is 4.84. The molecular formula is C21H24N2O5. The second kappa shape index (κ2) is 8.29. The van der Waals surface area contributed by atoms with Crippen molar-refractivity contribution in [1.82, 2.24) is 4.98 Å². The largest absolute Gasteiger partial charge is 0.461 e. The van der Waals surface area contributed by atoms with Crippen molar-refractivity contribution in [3.05, 3.63) is 51.8 Å². The predicted octanol–water partition coefficient (Wildman–Crippen LogP) is 3.09. The summed E-state index contributed by atoms with van der Waals surface area (Å²) in [6.07, 6.45) is 3.22. The van der Waals surface area contributed by atoms with Crippen LogP contribution in [0.25, 0.3) is 0 Å². The fraction of sp³-hybridized carbons (Fsp3) is 0.381. The molecule has 1 amide bonds. The molecule has 28 heavy (non-hydrogen) atoms. The number of aromatic amines is 1. The maximum absolute atomic E-state index is 12.4. The average molecular weight is 384 g/mol. The molecule has 1 heterocycles. The van der Waals surface area contributed by atoms with E-state index in [2.05, 4.69) is 10.3 Å². The van der Waals surface area contributed by atoms with Crippen molar-refractivity contribution >= 4 is 23.5 Å². The van der Waals surface area contributed by atoms with Crippen molar-refractivity contribution in [2.24, 2.45) is 0 Å². The van der Waals surface area contributed by atoms with E-state index in [-0.39, 0.29) is 17.9 Å². The zero-order chi connectivity index (χ0) is 20.3. The monoisotopic (exact) mass is 384 g/mol. The van der Waals surface area contributed by atoms with Gasteiger partial charge >= 0.3 is 11.9 Å². The Hall–Kier alpha value is -3.09. The van der Waals surface area contributed by atoms with Crippen LogP contribution in [-0.2, 0) is 27.1 Å². The number of hydrogen-bond acceptors (Lipinski definition) is 5. The Morgan fingerprint density at radius 3 is 2.57 bits per heavy atom. The van der Waals surface area contributed by atoms with E-state index in [0.717, 1.165) is 19.3 Å². The van der Waals surface area contributed by atoms with Crippen LogP contribution in [0.15, 0.2) is 18.2 Å². The maximum Gasteiger partial charge on any atom is 0.355 e. The normalized spacial score (nSPS) is 12.4. The number of aromatic nitrogens is 1. The van der Waals surface area contributed by atoms with Crippen molar-refractivity contribution in [1.29, 1.82) is 0 Å². The SMILES string of the molecule is CCOC(=O)c1[nH]c(C)c(C(=O)OCC(=O)Nc2ccc3c(c2)CCC3)c1C. The Morgan fingerprint density at radius 1 is 1.07 bits per heavy atom. The lowest BCUT2D eigenvalue weighted by Crippen LogP contribution is -2.21. The van der Waals surface area contributed by atoms with Crippen LogP contribution < -0.4 is 5.32 Å². The molecule has 0 saturated carbocycles. The number of hydrogen-bond donors (Lipinski definition) is 2. The van der Waals surface area contributed by atoms with Crippen molar-refractivity contribution in [3.8, 4) is 0 Å². The number of carbonyl (C=O) groups is 3. The van der Waals surface area contributed by atoms with Crippen LogP contribution in [0.5, 0.6) is 0 Å². The molecule has 2 N–H and O–H groups in total. The van der Waals surface area contributed by atoms with E-state index in [0.29, 0.717) is 16.9 Å². The summed E-state index contributed by atoms with van der Waals surface area (Å²) in [4.78, 5) is 39.4. The Bertz CT molecular complexity index is 929. The molecule has 148 valence electrons. The van der Waals surface area contributed by atoms with Crippen LogP contribution in [0.2, 0.25) is 0 Å². The van der Waals surface area contributed by atoms with Gasteiger partial charge in [0.2, 0.25) is 0 Å². The molecule has 2 aromatic rings. The first-order valence-electron chi connectivity index (χ1n) is 9.35. The molecule has 0 spiro atoms. The number of aryl methyl sites for hydroxylation is 3. The minimum absolute atomic E-state index is 0.217. The van der Waals surface area contributed by atoms with Crippen LogP contribution in [0, 0.1) is 13.8 Å². The van der Waals surface area contributed by atoms with Gasteiger partial charge in [0.25, 0.3) is 5.91 Å². The third kappa shape index (κ3) is 4.08. The van der Waals surface area contributed by atoms with Crippen LogP contribution >= 0.6 is 0 Å². The number of amides is 1. The third-order valence-electron chi connectivity index (χ3n) is 4.84. The molecule has 0 fully saturated rings. The summed E-state index contributed by atoms with van der Waals surface area (Å²) in [7, 11) is 0. The molecule has 1 aliphatic carbocycles. The lowest BCUT2D eigenvalue weighted by molar-refractivity contribution is -0.119. The molecule has 3 rings (SSSR count). The van der Waals surface area contributed by atoms with Gasteiger partial charge in [-0.25, -0.2) is 9.59 Å². The molecule has 1 aliphatic rings. The number of ether oxygens (including phenoxy) is 2. The Labute approximate surface area is 163 Å². The van der Waals surface area contributed by atoms with Gasteiger partial charge in [0.1, 0.15) is 5.69 Å². The summed E-state index contributed by atoms with van der Waals surface area (Å²) < 4.78 is 10.1. The number of esters is 2. The highest BCUT2D eigenvalue weighted by atomic mass is 16.5. The molecular weight excluding hydrogens is 360 g/mol. The molecule has 0 unspecified atom stereocenters. The second-order valence-corrected chi connectivity index (χ2v) is 6.81. The summed E-state index contributed by atoms with van der Waals surface area (Å²) in [5, 5.41) is 2.75. The number of H-pyrrole nitrogens is 1. The van der Waals surface area contributed by atoms with Gasteiger partial charge in [-0.1, -0.05) is 6.07 Å². The molecule has 0 bridgehead atoms. The smallest absolute Gasteiger partial charge is 0.355 e. The van der Waals surface area contributed by atoms with Crippen molar-refractivity contribution < 1.29 is 23.9 Å². The zero-order valence-corrected chi connectivity index (χ0v) is 16.3. The van der Waals surface area contributed by atoms with E-state index in [1.165, 1.54) is 11.1 Å². The first kappa shape index (κ1) is 19.7. The standard InChI is InChI=1S/C21H24N2O5/c1-4-27-21(26)19-12(2)18(13(3)22-19)20(25)28-11-17(24)23-16-9-8-14-6-5-7-15(14)10-16/h8-10,22H,4-7,11H2,1-3H3,(H,23,24). The molecule has 0 aliphatic heterocycles. The Kier molecular flexibility index (Phi) is 5.82. The summed E-state index contributed by atoms with van der Waals surface area (Å²) in [5.74, 6) is -1.61. The molecule has 1 aromatic carbocycles. The summed E-state index contributed by atoms with van der Waals surface area (Å²) in [6.45, 7) is 4.83. The van der Waals surface area contributed by atoms with Gasteiger partial charge in [-0.3, -0.25) is 4.79 Å².